The Labute approximate surface area is 225 Å². The molecule has 1 fully saturated rings. The Morgan fingerprint density at radius 3 is 2.57 bits per heavy atom. The van der Waals surface area contributed by atoms with E-state index in [4.69, 9.17) is 0 Å². The predicted molar refractivity (Wildman–Crippen MR) is 150 cm³/mol. The molecule has 0 saturated carbocycles. The molecule has 37 heavy (non-hydrogen) atoms. The maximum absolute atomic E-state index is 13.1. The van der Waals surface area contributed by atoms with Crippen LogP contribution >= 0.6 is 23.1 Å². The van der Waals surface area contributed by atoms with Crippen molar-refractivity contribution in [2.75, 3.05) is 24.2 Å². The van der Waals surface area contributed by atoms with Gasteiger partial charge in [-0.1, -0.05) is 42.0 Å². The Hall–Kier alpha value is -3.49. The van der Waals surface area contributed by atoms with Crippen LogP contribution in [0.5, 0.6) is 0 Å². The highest BCUT2D eigenvalue weighted by atomic mass is 32.2. The smallest absolute Gasteiger partial charge is 0.275 e. The Morgan fingerprint density at radius 1 is 1.05 bits per heavy atom. The average Bonchev–Trinajstić information content (AvgIpc) is 3.44. The number of amides is 2. The third-order valence-corrected chi connectivity index (χ3v) is 8.48. The van der Waals surface area contributed by atoms with Gasteiger partial charge in [-0.3, -0.25) is 14.6 Å². The van der Waals surface area contributed by atoms with Gasteiger partial charge in [0.05, 0.1) is 10.8 Å². The maximum Gasteiger partial charge on any atom is 0.275 e. The first-order valence-electron chi connectivity index (χ1n) is 12.3. The summed E-state index contributed by atoms with van der Waals surface area (Å²) < 4.78 is 0. The normalized spacial score (nSPS) is 13.9. The number of rotatable bonds is 7. The van der Waals surface area contributed by atoms with Gasteiger partial charge >= 0.3 is 0 Å². The third kappa shape index (κ3) is 6.26. The molecule has 4 aromatic rings. The number of aromatic nitrogens is 2. The molecule has 2 aromatic heterocycles. The van der Waals surface area contributed by atoms with Crippen molar-refractivity contribution in [1.29, 1.82) is 0 Å². The Balaban J connectivity index is 1.18. The molecule has 1 aliphatic rings. The van der Waals surface area contributed by atoms with Gasteiger partial charge in [0.1, 0.15) is 5.69 Å². The zero-order chi connectivity index (χ0) is 25.6. The Morgan fingerprint density at radius 2 is 1.81 bits per heavy atom. The van der Waals surface area contributed by atoms with Crippen molar-refractivity contribution < 1.29 is 9.59 Å². The number of nitrogens with one attached hydrogen (secondary N) is 1. The van der Waals surface area contributed by atoms with Crippen LogP contribution in [0.4, 0.5) is 5.69 Å². The molecule has 188 valence electrons. The molecular formula is C29H28N4O2S2. The molecule has 2 amide bonds. The molecule has 6 nitrogen and oxygen atoms in total. The van der Waals surface area contributed by atoms with Crippen LogP contribution in [0.25, 0.3) is 11.1 Å². The van der Waals surface area contributed by atoms with Crippen molar-refractivity contribution in [1.82, 2.24) is 14.9 Å². The number of hydrogen-bond donors (Lipinski definition) is 1. The lowest BCUT2D eigenvalue weighted by Crippen LogP contribution is -2.38. The molecule has 0 radical (unpaired) electrons. The number of carbonyl (C=O) groups is 2. The molecule has 3 heterocycles. The molecule has 0 spiro atoms. The van der Waals surface area contributed by atoms with E-state index in [1.54, 1.807) is 24.2 Å². The van der Waals surface area contributed by atoms with Gasteiger partial charge in [0.15, 0.2) is 0 Å². The number of anilines is 1. The van der Waals surface area contributed by atoms with Crippen LogP contribution in [0, 0.1) is 6.92 Å². The van der Waals surface area contributed by atoms with E-state index in [9.17, 15) is 9.59 Å². The lowest BCUT2D eigenvalue weighted by molar-refractivity contribution is -0.129. The van der Waals surface area contributed by atoms with Gasteiger partial charge in [-0.15, -0.1) is 23.1 Å². The van der Waals surface area contributed by atoms with E-state index in [1.165, 1.54) is 11.3 Å². The van der Waals surface area contributed by atoms with Crippen LogP contribution in [0.3, 0.4) is 0 Å². The molecule has 0 aliphatic carbocycles. The van der Waals surface area contributed by atoms with Crippen molar-refractivity contribution in [3.63, 3.8) is 0 Å². The third-order valence-electron chi connectivity index (χ3n) is 6.47. The van der Waals surface area contributed by atoms with Crippen molar-refractivity contribution in [2.24, 2.45) is 0 Å². The molecular weight excluding hydrogens is 500 g/mol. The monoisotopic (exact) mass is 528 g/mol. The van der Waals surface area contributed by atoms with Gasteiger partial charge in [-0.2, -0.15) is 0 Å². The lowest BCUT2D eigenvalue weighted by Gasteiger charge is -2.31. The zero-order valence-corrected chi connectivity index (χ0v) is 22.2. The molecule has 2 aromatic carbocycles. The highest BCUT2D eigenvalue weighted by Crippen LogP contribution is 2.32. The van der Waals surface area contributed by atoms with Crippen molar-refractivity contribution in [3.8, 4) is 11.1 Å². The molecule has 1 aliphatic heterocycles. The van der Waals surface area contributed by atoms with Gasteiger partial charge in [0, 0.05) is 52.9 Å². The molecule has 1 saturated heterocycles. The number of hydrogen-bond acceptors (Lipinski definition) is 6. The summed E-state index contributed by atoms with van der Waals surface area (Å²) in [4.78, 5) is 37.4. The fraction of sp³-hybridized carbons (Fsp3) is 0.241. The number of thiazole rings is 1. The first-order chi connectivity index (χ1) is 18.1. The SMILES string of the molecule is Cc1ccc(NC(=O)c2csc(C3CCN(C(=O)CSc4ccncc4)CC3)n2)c(-c2ccccc2)c1. The predicted octanol–water partition coefficient (Wildman–Crippen LogP) is 6.26. The van der Waals surface area contributed by atoms with Gasteiger partial charge in [0.25, 0.3) is 5.91 Å². The highest BCUT2D eigenvalue weighted by Gasteiger charge is 2.26. The quantitative estimate of drug-likeness (QED) is 0.286. The largest absolute Gasteiger partial charge is 0.342 e. The first-order valence-corrected chi connectivity index (χ1v) is 14.2. The summed E-state index contributed by atoms with van der Waals surface area (Å²) >= 11 is 3.07. The van der Waals surface area contributed by atoms with E-state index < -0.39 is 0 Å². The summed E-state index contributed by atoms with van der Waals surface area (Å²) in [6, 6.07) is 19.9. The molecule has 0 unspecified atom stereocenters. The second-order valence-corrected chi connectivity index (χ2v) is 11.0. The molecule has 8 heteroatoms. The van der Waals surface area contributed by atoms with Gasteiger partial charge in [-0.25, -0.2) is 4.98 Å². The summed E-state index contributed by atoms with van der Waals surface area (Å²) in [6.07, 6.45) is 5.19. The summed E-state index contributed by atoms with van der Waals surface area (Å²) in [5, 5.41) is 5.87. The van der Waals surface area contributed by atoms with E-state index in [-0.39, 0.29) is 17.7 Å². The number of benzene rings is 2. The molecule has 5 rings (SSSR count). The van der Waals surface area contributed by atoms with Crippen LogP contribution < -0.4 is 5.32 Å². The molecule has 0 bridgehead atoms. The maximum atomic E-state index is 13.1. The second kappa shape index (κ2) is 11.7. The zero-order valence-electron chi connectivity index (χ0n) is 20.6. The number of carbonyl (C=O) groups excluding carboxylic acids is 2. The number of aryl methyl sites for hydroxylation is 1. The van der Waals surface area contributed by atoms with Crippen molar-refractivity contribution in [3.05, 3.63) is 94.7 Å². The van der Waals surface area contributed by atoms with E-state index in [0.717, 1.165) is 45.1 Å². The minimum atomic E-state index is -0.204. The molecule has 1 N–H and O–H groups in total. The van der Waals surface area contributed by atoms with Gasteiger partial charge in [0.2, 0.25) is 5.91 Å². The number of pyridine rings is 1. The van der Waals surface area contributed by atoms with E-state index in [1.807, 2.05) is 71.8 Å². The fourth-order valence-corrected chi connectivity index (χ4v) is 6.19. The summed E-state index contributed by atoms with van der Waals surface area (Å²) in [6.45, 7) is 3.47. The van der Waals surface area contributed by atoms with Crippen LogP contribution in [-0.4, -0.2) is 45.5 Å². The highest BCUT2D eigenvalue weighted by molar-refractivity contribution is 8.00. The minimum Gasteiger partial charge on any atom is -0.342 e. The molecule has 0 atom stereocenters. The van der Waals surface area contributed by atoms with E-state index in [0.29, 0.717) is 24.5 Å². The van der Waals surface area contributed by atoms with Crippen molar-refractivity contribution in [2.45, 2.75) is 30.6 Å². The topological polar surface area (TPSA) is 75.2 Å². The summed E-state index contributed by atoms with van der Waals surface area (Å²) in [7, 11) is 0. The fourth-order valence-electron chi connectivity index (χ4n) is 4.44. The lowest BCUT2D eigenvalue weighted by atomic mass is 9.97. The Kier molecular flexibility index (Phi) is 7.96. The number of piperidine rings is 1. The number of likely N-dealkylation sites (tertiary alicyclic amines) is 1. The standard InChI is InChI=1S/C29H28N4O2S2/c1-20-7-8-25(24(17-20)21-5-3-2-4-6-21)31-28(35)26-18-37-29(32-26)22-11-15-33(16-12-22)27(34)19-36-23-9-13-30-14-10-23/h2-10,13-14,17-18,22H,11-12,15-16,19H2,1H3,(H,31,35). The van der Waals surface area contributed by atoms with Crippen LogP contribution in [0.15, 0.2) is 83.3 Å². The van der Waals surface area contributed by atoms with Gasteiger partial charge in [-0.05, 0) is 49.6 Å². The van der Waals surface area contributed by atoms with Crippen molar-refractivity contribution >= 4 is 40.6 Å². The number of nitrogens with zero attached hydrogens (tertiary/aromatic N) is 3. The Bertz CT molecular complexity index is 1370. The average molecular weight is 529 g/mol. The van der Waals surface area contributed by atoms with Crippen LogP contribution in [0.1, 0.15) is 39.8 Å². The second-order valence-electron chi connectivity index (χ2n) is 9.07. The summed E-state index contributed by atoms with van der Waals surface area (Å²) in [5.41, 5.74) is 4.39. The first kappa shape index (κ1) is 25.2. The van der Waals surface area contributed by atoms with E-state index in [2.05, 4.69) is 21.4 Å². The van der Waals surface area contributed by atoms with E-state index >= 15 is 0 Å². The van der Waals surface area contributed by atoms with Gasteiger partial charge < -0.3 is 10.2 Å². The summed E-state index contributed by atoms with van der Waals surface area (Å²) in [5.74, 6) is 0.652. The minimum absolute atomic E-state index is 0.159. The van der Waals surface area contributed by atoms with Crippen LogP contribution in [-0.2, 0) is 4.79 Å². The number of thioether (sulfide) groups is 1. The van der Waals surface area contributed by atoms with Crippen LogP contribution in [0.2, 0.25) is 0 Å².